The summed E-state index contributed by atoms with van der Waals surface area (Å²) >= 11 is 0. The van der Waals surface area contributed by atoms with E-state index in [-0.39, 0.29) is 36.2 Å². The van der Waals surface area contributed by atoms with Gasteiger partial charge in [-0.3, -0.25) is 9.59 Å². The Balaban J connectivity index is 0.00000288. The summed E-state index contributed by atoms with van der Waals surface area (Å²) in [6.07, 6.45) is 6.73. The summed E-state index contributed by atoms with van der Waals surface area (Å²) in [5.74, 6) is 0.984. The molecule has 0 saturated carbocycles. The van der Waals surface area contributed by atoms with E-state index >= 15 is 0 Å². The summed E-state index contributed by atoms with van der Waals surface area (Å²) < 4.78 is 0. The number of amides is 2. The van der Waals surface area contributed by atoms with E-state index in [4.69, 9.17) is 0 Å². The lowest BCUT2D eigenvalue weighted by Gasteiger charge is -2.33. The maximum Gasteiger partial charge on any atom is 0.225 e. The molecule has 2 saturated heterocycles. The molecule has 0 aliphatic carbocycles. The van der Waals surface area contributed by atoms with Gasteiger partial charge in [0.1, 0.15) is 0 Å². The van der Waals surface area contributed by atoms with Gasteiger partial charge in [0.25, 0.3) is 0 Å². The largest absolute Gasteiger partial charge is 0.353 e. The molecule has 24 heavy (non-hydrogen) atoms. The van der Waals surface area contributed by atoms with Crippen LogP contribution in [-0.4, -0.2) is 48.9 Å². The Kier molecular flexibility index (Phi) is 9.67. The monoisotopic (exact) mass is 359 g/mol. The zero-order chi connectivity index (χ0) is 16.7. The fraction of sp³-hybridized carbons (Fsp3) is 0.889. The number of carbonyl (C=O) groups is 2. The Morgan fingerprint density at radius 2 is 2.12 bits per heavy atom. The summed E-state index contributed by atoms with van der Waals surface area (Å²) in [6, 6.07) is 0.230. The van der Waals surface area contributed by atoms with Crippen LogP contribution >= 0.6 is 12.4 Å². The topological polar surface area (TPSA) is 61.4 Å². The lowest BCUT2D eigenvalue weighted by molar-refractivity contribution is -0.136. The number of hydrogen-bond acceptors (Lipinski definition) is 3. The van der Waals surface area contributed by atoms with Gasteiger partial charge < -0.3 is 15.5 Å². The minimum atomic E-state index is -0.0276. The molecule has 0 aromatic carbocycles. The third-order valence-corrected chi connectivity index (χ3v) is 5.18. The van der Waals surface area contributed by atoms with Crippen molar-refractivity contribution in [3.8, 4) is 0 Å². The Morgan fingerprint density at radius 3 is 2.79 bits per heavy atom. The predicted molar refractivity (Wildman–Crippen MR) is 99.3 cm³/mol. The van der Waals surface area contributed by atoms with E-state index in [1.807, 2.05) is 4.90 Å². The number of carbonyl (C=O) groups excluding carboxylic acids is 2. The second kappa shape index (κ2) is 10.9. The fourth-order valence-corrected chi connectivity index (χ4v) is 3.73. The highest BCUT2D eigenvalue weighted by Gasteiger charge is 2.29. The zero-order valence-corrected chi connectivity index (χ0v) is 16.0. The Hall–Kier alpha value is -0.810. The van der Waals surface area contributed by atoms with Crippen molar-refractivity contribution in [2.75, 3.05) is 26.2 Å². The first-order valence-electron chi connectivity index (χ1n) is 9.39. The molecule has 0 spiro atoms. The van der Waals surface area contributed by atoms with Crippen LogP contribution in [0.2, 0.25) is 0 Å². The lowest BCUT2D eigenvalue weighted by Crippen LogP contribution is -2.47. The number of halogens is 1. The van der Waals surface area contributed by atoms with E-state index in [2.05, 4.69) is 24.5 Å². The predicted octanol–water partition coefficient (Wildman–Crippen LogP) is 2.34. The molecule has 3 atom stereocenters. The molecule has 3 unspecified atom stereocenters. The number of nitrogens with zero attached hydrogens (tertiary/aromatic N) is 1. The first kappa shape index (κ1) is 21.2. The van der Waals surface area contributed by atoms with Crippen molar-refractivity contribution in [1.29, 1.82) is 0 Å². The van der Waals surface area contributed by atoms with Gasteiger partial charge in [0.05, 0.1) is 5.92 Å². The van der Waals surface area contributed by atoms with Gasteiger partial charge >= 0.3 is 0 Å². The van der Waals surface area contributed by atoms with E-state index < -0.39 is 0 Å². The fourth-order valence-electron chi connectivity index (χ4n) is 3.73. The van der Waals surface area contributed by atoms with Crippen LogP contribution in [0.25, 0.3) is 0 Å². The number of piperidine rings is 1. The molecule has 2 aliphatic heterocycles. The maximum absolute atomic E-state index is 12.4. The lowest BCUT2D eigenvalue weighted by atomic mass is 9.95. The summed E-state index contributed by atoms with van der Waals surface area (Å²) in [5.41, 5.74) is 0. The quantitative estimate of drug-likeness (QED) is 0.733. The molecule has 2 fully saturated rings. The van der Waals surface area contributed by atoms with Gasteiger partial charge in [0.2, 0.25) is 11.8 Å². The average molecular weight is 360 g/mol. The van der Waals surface area contributed by atoms with Gasteiger partial charge in [-0.2, -0.15) is 0 Å². The van der Waals surface area contributed by atoms with E-state index in [1.54, 1.807) is 0 Å². The van der Waals surface area contributed by atoms with Crippen LogP contribution in [-0.2, 0) is 9.59 Å². The molecule has 5 nitrogen and oxygen atoms in total. The van der Waals surface area contributed by atoms with E-state index in [0.717, 1.165) is 51.7 Å². The van der Waals surface area contributed by atoms with Crippen LogP contribution in [0.5, 0.6) is 0 Å². The van der Waals surface area contributed by atoms with Crippen molar-refractivity contribution >= 4 is 24.2 Å². The van der Waals surface area contributed by atoms with Gasteiger partial charge in [-0.15, -0.1) is 12.4 Å². The zero-order valence-electron chi connectivity index (χ0n) is 15.2. The Labute approximate surface area is 152 Å². The van der Waals surface area contributed by atoms with Crippen LogP contribution in [0.15, 0.2) is 0 Å². The summed E-state index contributed by atoms with van der Waals surface area (Å²) in [4.78, 5) is 26.7. The van der Waals surface area contributed by atoms with Crippen LogP contribution in [0.3, 0.4) is 0 Å². The third kappa shape index (κ3) is 6.60. The highest BCUT2D eigenvalue weighted by molar-refractivity contribution is 5.85. The minimum Gasteiger partial charge on any atom is -0.353 e. The van der Waals surface area contributed by atoms with Crippen LogP contribution < -0.4 is 10.6 Å². The first-order chi connectivity index (χ1) is 11.1. The number of rotatable bonds is 7. The second-order valence-corrected chi connectivity index (χ2v) is 7.27. The standard InChI is InChI=1S/C18H33N3O2.ClH/c1-3-5-14(2)20-18(23)16-6-4-11-21(13-16)17(22)8-7-15-9-10-19-12-15;/h14-16,19H,3-13H2,1-2H3,(H,20,23);1H. The molecule has 0 radical (unpaired) electrons. The molecule has 6 heteroatoms. The number of nitrogens with one attached hydrogen (secondary N) is 2. The molecule has 2 rings (SSSR count). The Bertz CT molecular complexity index is 400. The summed E-state index contributed by atoms with van der Waals surface area (Å²) in [6.45, 7) is 7.74. The molecule has 2 N–H and O–H groups in total. The maximum atomic E-state index is 12.4. The van der Waals surface area contributed by atoms with Crippen molar-refractivity contribution in [2.45, 2.75) is 64.8 Å². The van der Waals surface area contributed by atoms with Gasteiger partial charge in [-0.05, 0) is 58.0 Å². The van der Waals surface area contributed by atoms with Crippen LogP contribution in [0.1, 0.15) is 58.8 Å². The van der Waals surface area contributed by atoms with E-state index in [0.29, 0.717) is 18.9 Å². The van der Waals surface area contributed by atoms with Crippen molar-refractivity contribution in [2.24, 2.45) is 11.8 Å². The molecular formula is C18H34ClN3O2. The van der Waals surface area contributed by atoms with Crippen LogP contribution in [0.4, 0.5) is 0 Å². The van der Waals surface area contributed by atoms with Crippen molar-refractivity contribution in [3.05, 3.63) is 0 Å². The molecule has 0 aromatic heterocycles. The molecule has 140 valence electrons. The summed E-state index contributed by atoms with van der Waals surface area (Å²) in [7, 11) is 0. The normalized spacial score (nSPS) is 25.0. The number of likely N-dealkylation sites (tertiary alicyclic amines) is 1. The Morgan fingerprint density at radius 1 is 1.33 bits per heavy atom. The SMILES string of the molecule is CCCC(C)NC(=O)C1CCCN(C(=O)CCC2CCNC2)C1.Cl. The van der Waals surface area contributed by atoms with Gasteiger partial charge in [0.15, 0.2) is 0 Å². The highest BCUT2D eigenvalue weighted by Crippen LogP contribution is 2.20. The second-order valence-electron chi connectivity index (χ2n) is 7.27. The number of hydrogen-bond donors (Lipinski definition) is 2. The van der Waals surface area contributed by atoms with Gasteiger partial charge in [-0.1, -0.05) is 13.3 Å². The van der Waals surface area contributed by atoms with Crippen molar-refractivity contribution < 1.29 is 9.59 Å². The molecule has 0 aromatic rings. The molecule has 0 bridgehead atoms. The van der Waals surface area contributed by atoms with Gasteiger partial charge in [-0.25, -0.2) is 0 Å². The van der Waals surface area contributed by atoms with E-state index in [1.165, 1.54) is 6.42 Å². The van der Waals surface area contributed by atoms with Gasteiger partial charge in [0, 0.05) is 25.6 Å². The summed E-state index contributed by atoms with van der Waals surface area (Å²) in [5, 5.41) is 6.45. The minimum absolute atomic E-state index is 0. The van der Waals surface area contributed by atoms with Crippen molar-refractivity contribution in [1.82, 2.24) is 15.5 Å². The molecule has 2 heterocycles. The molecule has 2 amide bonds. The first-order valence-corrected chi connectivity index (χ1v) is 9.39. The molecular weight excluding hydrogens is 326 g/mol. The van der Waals surface area contributed by atoms with Crippen molar-refractivity contribution in [3.63, 3.8) is 0 Å². The molecule has 2 aliphatic rings. The van der Waals surface area contributed by atoms with Crippen LogP contribution in [0, 0.1) is 11.8 Å². The van der Waals surface area contributed by atoms with E-state index in [9.17, 15) is 9.59 Å². The third-order valence-electron chi connectivity index (χ3n) is 5.18. The average Bonchev–Trinajstić information content (AvgIpc) is 3.06. The highest BCUT2D eigenvalue weighted by atomic mass is 35.5. The smallest absolute Gasteiger partial charge is 0.225 e.